The number of rotatable bonds is 11. The first-order valence-electron chi connectivity index (χ1n) is 20.4. The zero-order chi connectivity index (χ0) is 42.7. The quantitative estimate of drug-likeness (QED) is 0.110. The minimum Gasteiger partial charge on any atom is -0.391 e. The molecular formula is C46H54N8O5S. The summed E-state index contributed by atoms with van der Waals surface area (Å²) in [6, 6.07) is 17.4. The predicted molar refractivity (Wildman–Crippen MR) is 236 cm³/mol. The fraction of sp³-hybridized carbons (Fsp3) is 0.391. The first-order valence-corrected chi connectivity index (χ1v) is 21.3. The highest BCUT2D eigenvalue weighted by atomic mass is 32.1. The van der Waals surface area contributed by atoms with Crippen LogP contribution in [0.25, 0.3) is 21.6 Å². The molecule has 13 nitrogen and oxygen atoms in total. The zero-order valence-electron chi connectivity index (χ0n) is 35.3. The Morgan fingerprint density at radius 3 is 2.35 bits per heavy atom. The van der Waals surface area contributed by atoms with Crippen molar-refractivity contribution in [2.75, 3.05) is 48.4 Å². The fourth-order valence-corrected chi connectivity index (χ4v) is 8.60. The molecule has 2 aliphatic heterocycles. The number of benzene rings is 2. The molecule has 0 saturated carbocycles. The number of thiazole rings is 1. The third-order valence-electron chi connectivity index (χ3n) is 11.2. The number of amides is 3. The van der Waals surface area contributed by atoms with Crippen LogP contribution in [-0.4, -0.2) is 93.7 Å². The third-order valence-corrected chi connectivity index (χ3v) is 12.2. The molecule has 3 aromatic heterocycles. The number of aromatic nitrogens is 3. The minimum absolute atomic E-state index is 0.0359. The van der Waals surface area contributed by atoms with Crippen molar-refractivity contribution in [1.82, 2.24) is 25.2 Å². The Bertz CT molecular complexity index is 2350. The topological polar surface area (TPSA) is 162 Å². The number of aliphatic hydroxyl groups is 1. The second-order valence-electron chi connectivity index (χ2n) is 16.8. The van der Waals surface area contributed by atoms with E-state index in [0.717, 1.165) is 49.8 Å². The van der Waals surface area contributed by atoms with E-state index in [4.69, 9.17) is 9.72 Å². The maximum atomic E-state index is 14.7. The van der Waals surface area contributed by atoms with Gasteiger partial charge in [0.05, 0.1) is 59.0 Å². The van der Waals surface area contributed by atoms with E-state index in [1.54, 1.807) is 29.8 Å². The fourth-order valence-electron chi connectivity index (χ4n) is 7.79. The average molecular weight is 831 g/mol. The molecule has 2 fully saturated rings. The van der Waals surface area contributed by atoms with E-state index >= 15 is 0 Å². The van der Waals surface area contributed by atoms with Crippen molar-refractivity contribution in [3.8, 4) is 21.6 Å². The Morgan fingerprint density at radius 2 is 1.67 bits per heavy atom. The molecule has 5 aromatic rings. The lowest BCUT2D eigenvalue weighted by Crippen LogP contribution is -2.54. The van der Waals surface area contributed by atoms with Crippen LogP contribution in [0.1, 0.15) is 73.0 Å². The van der Waals surface area contributed by atoms with Gasteiger partial charge in [-0.3, -0.25) is 19.4 Å². The van der Waals surface area contributed by atoms with Crippen LogP contribution in [0.3, 0.4) is 0 Å². The molecule has 2 saturated heterocycles. The van der Waals surface area contributed by atoms with Crippen LogP contribution in [0.4, 0.5) is 17.2 Å². The Balaban J connectivity index is 1.12. The highest BCUT2D eigenvalue weighted by molar-refractivity contribution is 7.13. The summed E-state index contributed by atoms with van der Waals surface area (Å²) in [7, 11) is 0. The Morgan fingerprint density at radius 1 is 0.917 bits per heavy atom. The maximum Gasteiger partial charge on any atom is 0.255 e. The molecule has 2 aliphatic rings. The first kappa shape index (κ1) is 42.4. The van der Waals surface area contributed by atoms with Crippen LogP contribution in [0.5, 0.6) is 0 Å². The molecule has 4 atom stereocenters. The molecule has 0 bridgehead atoms. The van der Waals surface area contributed by atoms with Crippen molar-refractivity contribution in [2.45, 2.75) is 79.1 Å². The van der Waals surface area contributed by atoms with E-state index in [0.29, 0.717) is 43.4 Å². The van der Waals surface area contributed by atoms with Crippen LogP contribution < -0.4 is 20.9 Å². The first-order chi connectivity index (χ1) is 28.7. The number of morpholine rings is 1. The normalized spacial score (nSPS) is 17.9. The van der Waals surface area contributed by atoms with Gasteiger partial charge in [-0.1, -0.05) is 62.7 Å². The van der Waals surface area contributed by atoms with Gasteiger partial charge in [0.15, 0.2) is 0 Å². The van der Waals surface area contributed by atoms with Crippen LogP contribution in [0.15, 0.2) is 78.6 Å². The summed E-state index contributed by atoms with van der Waals surface area (Å²) >= 11 is 1.59. The highest BCUT2D eigenvalue weighted by Crippen LogP contribution is 2.36. The van der Waals surface area contributed by atoms with Crippen molar-refractivity contribution in [2.24, 2.45) is 5.41 Å². The number of aryl methyl sites for hydroxylation is 3. The largest absolute Gasteiger partial charge is 0.391 e. The van der Waals surface area contributed by atoms with Crippen LogP contribution in [-0.2, 0) is 14.3 Å². The molecule has 2 aromatic carbocycles. The van der Waals surface area contributed by atoms with Crippen LogP contribution in [0.2, 0.25) is 0 Å². The molecule has 4 N–H and O–H groups in total. The monoisotopic (exact) mass is 830 g/mol. The Labute approximate surface area is 355 Å². The maximum absolute atomic E-state index is 14.7. The number of hydrogen-bond acceptors (Lipinski definition) is 11. The van der Waals surface area contributed by atoms with Gasteiger partial charge in [0, 0.05) is 54.6 Å². The third kappa shape index (κ3) is 9.51. The number of hydrogen-bond donors (Lipinski definition) is 4. The molecule has 7 rings (SSSR count). The summed E-state index contributed by atoms with van der Waals surface area (Å²) in [5, 5.41) is 20.5. The summed E-state index contributed by atoms with van der Waals surface area (Å²) in [4.78, 5) is 60.5. The van der Waals surface area contributed by atoms with Gasteiger partial charge < -0.3 is 35.6 Å². The van der Waals surface area contributed by atoms with Crippen LogP contribution >= 0.6 is 11.3 Å². The number of β-amino-alcohol motifs (C(OH)–C–C–N with tert-alkyl or cyclic N) is 1. The molecule has 0 spiro atoms. The zero-order valence-corrected chi connectivity index (χ0v) is 36.1. The molecule has 0 aliphatic carbocycles. The summed E-state index contributed by atoms with van der Waals surface area (Å²) in [5.41, 5.74) is 9.41. The second kappa shape index (κ2) is 17.9. The lowest BCUT2D eigenvalue weighted by Gasteiger charge is -2.37. The van der Waals surface area contributed by atoms with Gasteiger partial charge in [-0.15, -0.1) is 11.3 Å². The van der Waals surface area contributed by atoms with Crippen molar-refractivity contribution in [3.63, 3.8) is 0 Å². The van der Waals surface area contributed by atoms with Crippen molar-refractivity contribution >= 4 is 46.3 Å². The number of carbonyl (C=O) groups excluding carboxylic acids is 3. The van der Waals surface area contributed by atoms with E-state index in [1.807, 2.05) is 109 Å². The number of aliphatic hydroxyl groups excluding tert-OH is 1. The van der Waals surface area contributed by atoms with Crippen LogP contribution in [0, 0.1) is 26.2 Å². The van der Waals surface area contributed by atoms with Gasteiger partial charge in [-0.25, -0.2) is 9.97 Å². The molecular weight excluding hydrogens is 777 g/mol. The summed E-state index contributed by atoms with van der Waals surface area (Å²) in [6.45, 7) is 16.0. The molecule has 1 unspecified atom stereocenters. The Hall–Kier alpha value is -5.70. The van der Waals surface area contributed by atoms with Gasteiger partial charge in [0.1, 0.15) is 17.9 Å². The lowest BCUT2D eigenvalue weighted by molar-refractivity contribution is -0.141. The standard InChI is InChI=1S/C46H54N8O5S/c1-27-9-8-10-33(19-27)43(56)51-35-21-37(29(3)47-24-35)34-20-38(53-15-17-59-18-16-53)42(48-23-34)52-41(46(5,6)7)45(58)54-25-36(55)22-39(54)44(57)50-28(2)31-11-13-32(14-12-31)40-30(4)49-26-60-40/h8-14,19-21,23-24,26,28,36,39,41,55H,15-18,22,25H2,1-7H3,(H,48,52)(H,50,57)(H,51,56)/t28-,36+,39?,41+/m0/s1. The second-order valence-corrected chi connectivity index (χ2v) is 17.7. The number of anilines is 3. The predicted octanol–water partition coefficient (Wildman–Crippen LogP) is 6.95. The summed E-state index contributed by atoms with van der Waals surface area (Å²) in [6.07, 6.45) is 2.67. The number of nitrogens with one attached hydrogen (secondary N) is 3. The van der Waals surface area contributed by atoms with Gasteiger partial charge in [-0.05, 0) is 68.5 Å². The van der Waals surface area contributed by atoms with Gasteiger partial charge in [-0.2, -0.15) is 0 Å². The highest BCUT2D eigenvalue weighted by Gasteiger charge is 2.44. The van der Waals surface area contributed by atoms with E-state index in [1.165, 1.54) is 4.90 Å². The SMILES string of the molecule is Cc1cccc(C(=O)Nc2cnc(C)c(-c3cnc(N[C@H](C(=O)N4C[C@H](O)CC4C(=O)N[C@@H](C)c4ccc(-c5scnc5C)cc4)C(C)(C)C)c(N4CCOCC4)c3)c2)c1. The van der Waals surface area contributed by atoms with Gasteiger partial charge in [0.25, 0.3) is 5.91 Å². The van der Waals surface area contributed by atoms with E-state index < -0.39 is 23.6 Å². The van der Waals surface area contributed by atoms with E-state index in [9.17, 15) is 19.5 Å². The number of ether oxygens (including phenoxy) is 1. The van der Waals surface area contributed by atoms with Crippen molar-refractivity contribution in [1.29, 1.82) is 0 Å². The van der Waals surface area contributed by atoms with Crippen molar-refractivity contribution in [3.05, 3.63) is 107 Å². The number of pyridine rings is 2. The number of carbonyl (C=O) groups is 3. The molecule has 14 heteroatoms. The molecule has 0 radical (unpaired) electrons. The molecule has 60 heavy (non-hydrogen) atoms. The van der Waals surface area contributed by atoms with Gasteiger partial charge in [0.2, 0.25) is 11.8 Å². The molecule has 314 valence electrons. The van der Waals surface area contributed by atoms with Crippen molar-refractivity contribution < 1.29 is 24.2 Å². The van der Waals surface area contributed by atoms with Gasteiger partial charge >= 0.3 is 0 Å². The molecule has 3 amide bonds. The summed E-state index contributed by atoms with van der Waals surface area (Å²) < 4.78 is 5.70. The van der Waals surface area contributed by atoms with E-state index in [2.05, 4.69) is 30.8 Å². The Kier molecular flexibility index (Phi) is 12.6. The number of likely N-dealkylation sites (tertiary alicyclic amines) is 1. The summed E-state index contributed by atoms with van der Waals surface area (Å²) in [5.74, 6) is -0.338. The minimum atomic E-state index is -0.857. The lowest BCUT2D eigenvalue weighted by atomic mass is 9.85. The number of nitrogens with zero attached hydrogens (tertiary/aromatic N) is 5. The smallest absolute Gasteiger partial charge is 0.255 e. The molecule has 5 heterocycles. The van der Waals surface area contributed by atoms with E-state index in [-0.39, 0.29) is 36.7 Å². The average Bonchev–Trinajstić information content (AvgIpc) is 3.85.